The molecular formula is C14H22N2O2. The van der Waals surface area contributed by atoms with E-state index in [1.165, 1.54) is 7.11 Å². The van der Waals surface area contributed by atoms with Crippen molar-refractivity contribution < 1.29 is 9.53 Å². The predicted molar refractivity (Wildman–Crippen MR) is 73.7 cm³/mol. The van der Waals surface area contributed by atoms with Crippen molar-refractivity contribution in [2.75, 3.05) is 25.5 Å². The number of rotatable bonds is 6. The molecular weight excluding hydrogens is 228 g/mol. The Morgan fingerprint density at radius 2 is 2.17 bits per heavy atom. The standard InChI is InChI=1S/C14H22N2O2/c1-14(2,10-15)7-8-16-12-6-4-5-11(9-12)13(17)18-3/h4-6,9,16H,7-8,10,15H2,1-3H3. The van der Waals surface area contributed by atoms with E-state index in [2.05, 4.69) is 23.9 Å². The molecule has 0 heterocycles. The second-order valence-electron chi connectivity index (χ2n) is 5.12. The van der Waals surface area contributed by atoms with Crippen LogP contribution < -0.4 is 11.1 Å². The van der Waals surface area contributed by atoms with Crippen molar-refractivity contribution in [2.24, 2.45) is 11.1 Å². The van der Waals surface area contributed by atoms with E-state index in [0.29, 0.717) is 12.1 Å². The Morgan fingerprint density at radius 3 is 2.78 bits per heavy atom. The second kappa shape index (κ2) is 6.40. The summed E-state index contributed by atoms with van der Waals surface area (Å²) in [5.41, 5.74) is 7.29. The van der Waals surface area contributed by atoms with Gasteiger partial charge in [-0.25, -0.2) is 4.79 Å². The monoisotopic (exact) mass is 250 g/mol. The molecule has 1 aromatic carbocycles. The highest BCUT2D eigenvalue weighted by Gasteiger charge is 2.14. The van der Waals surface area contributed by atoms with Gasteiger partial charge in [0.05, 0.1) is 12.7 Å². The first-order chi connectivity index (χ1) is 8.48. The summed E-state index contributed by atoms with van der Waals surface area (Å²) in [7, 11) is 1.38. The Bertz CT molecular complexity index is 403. The summed E-state index contributed by atoms with van der Waals surface area (Å²) in [6.45, 7) is 5.77. The lowest BCUT2D eigenvalue weighted by Crippen LogP contribution is -2.26. The fourth-order valence-electron chi connectivity index (χ4n) is 1.52. The van der Waals surface area contributed by atoms with Crippen LogP contribution in [0, 0.1) is 5.41 Å². The van der Waals surface area contributed by atoms with Gasteiger partial charge in [-0.05, 0) is 36.6 Å². The van der Waals surface area contributed by atoms with Crippen LogP contribution in [0.15, 0.2) is 24.3 Å². The average Bonchev–Trinajstić information content (AvgIpc) is 2.38. The van der Waals surface area contributed by atoms with Crippen LogP contribution in [0.1, 0.15) is 30.6 Å². The van der Waals surface area contributed by atoms with Crippen LogP contribution in [-0.4, -0.2) is 26.2 Å². The highest BCUT2D eigenvalue weighted by Crippen LogP contribution is 2.18. The Balaban J connectivity index is 2.55. The van der Waals surface area contributed by atoms with Crippen molar-refractivity contribution >= 4 is 11.7 Å². The number of hydrogen-bond acceptors (Lipinski definition) is 4. The summed E-state index contributed by atoms with van der Waals surface area (Å²) in [4.78, 5) is 11.4. The number of carbonyl (C=O) groups excluding carboxylic acids is 1. The van der Waals surface area contributed by atoms with Crippen LogP contribution in [0.4, 0.5) is 5.69 Å². The summed E-state index contributed by atoms with van der Waals surface area (Å²) in [5.74, 6) is -0.319. The summed E-state index contributed by atoms with van der Waals surface area (Å²) in [6, 6.07) is 7.30. The number of hydrogen-bond donors (Lipinski definition) is 2. The van der Waals surface area contributed by atoms with E-state index in [1.54, 1.807) is 12.1 Å². The largest absolute Gasteiger partial charge is 0.465 e. The van der Waals surface area contributed by atoms with E-state index in [0.717, 1.165) is 18.7 Å². The number of nitrogens with two attached hydrogens (primary N) is 1. The Morgan fingerprint density at radius 1 is 1.44 bits per heavy atom. The van der Waals surface area contributed by atoms with Gasteiger partial charge in [-0.1, -0.05) is 19.9 Å². The zero-order valence-corrected chi connectivity index (χ0v) is 11.3. The van der Waals surface area contributed by atoms with Crippen molar-refractivity contribution in [3.8, 4) is 0 Å². The molecule has 0 atom stereocenters. The van der Waals surface area contributed by atoms with Gasteiger partial charge < -0.3 is 15.8 Å². The minimum atomic E-state index is -0.319. The number of nitrogens with one attached hydrogen (secondary N) is 1. The first-order valence-electron chi connectivity index (χ1n) is 6.11. The average molecular weight is 250 g/mol. The topological polar surface area (TPSA) is 64.3 Å². The minimum Gasteiger partial charge on any atom is -0.465 e. The van der Waals surface area contributed by atoms with Gasteiger partial charge in [0.2, 0.25) is 0 Å². The number of esters is 1. The third-order valence-electron chi connectivity index (χ3n) is 2.97. The molecule has 3 N–H and O–H groups in total. The van der Waals surface area contributed by atoms with Crippen molar-refractivity contribution in [1.82, 2.24) is 0 Å². The Labute approximate surface area is 109 Å². The molecule has 1 rings (SSSR count). The summed E-state index contributed by atoms with van der Waals surface area (Å²) < 4.78 is 4.68. The third-order valence-corrected chi connectivity index (χ3v) is 2.97. The van der Waals surface area contributed by atoms with Crippen LogP contribution in [0.5, 0.6) is 0 Å². The molecule has 0 aromatic heterocycles. The molecule has 0 saturated heterocycles. The lowest BCUT2D eigenvalue weighted by molar-refractivity contribution is 0.0601. The fourth-order valence-corrected chi connectivity index (χ4v) is 1.52. The smallest absolute Gasteiger partial charge is 0.337 e. The molecule has 0 bridgehead atoms. The lowest BCUT2D eigenvalue weighted by Gasteiger charge is -2.22. The number of ether oxygens (including phenoxy) is 1. The number of carbonyl (C=O) groups is 1. The molecule has 0 saturated carbocycles. The Hall–Kier alpha value is -1.55. The van der Waals surface area contributed by atoms with Crippen LogP contribution in [-0.2, 0) is 4.74 Å². The van der Waals surface area contributed by atoms with Gasteiger partial charge >= 0.3 is 5.97 Å². The van der Waals surface area contributed by atoms with Crippen LogP contribution >= 0.6 is 0 Å². The van der Waals surface area contributed by atoms with Gasteiger partial charge in [-0.15, -0.1) is 0 Å². The van der Waals surface area contributed by atoms with Crippen LogP contribution in [0.2, 0.25) is 0 Å². The summed E-state index contributed by atoms with van der Waals surface area (Å²) in [5, 5.41) is 3.29. The van der Waals surface area contributed by atoms with E-state index in [-0.39, 0.29) is 11.4 Å². The molecule has 0 aliphatic heterocycles. The maximum atomic E-state index is 11.4. The molecule has 100 valence electrons. The van der Waals surface area contributed by atoms with Gasteiger partial charge in [0.25, 0.3) is 0 Å². The number of benzene rings is 1. The Kier molecular flexibility index (Phi) is 5.16. The van der Waals surface area contributed by atoms with Gasteiger partial charge in [-0.2, -0.15) is 0 Å². The molecule has 18 heavy (non-hydrogen) atoms. The van der Waals surface area contributed by atoms with E-state index < -0.39 is 0 Å². The summed E-state index contributed by atoms with van der Waals surface area (Å²) >= 11 is 0. The minimum absolute atomic E-state index is 0.132. The molecule has 0 radical (unpaired) electrons. The molecule has 4 nitrogen and oxygen atoms in total. The molecule has 0 aliphatic rings. The maximum Gasteiger partial charge on any atom is 0.337 e. The molecule has 0 amide bonds. The fraction of sp³-hybridized carbons (Fsp3) is 0.500. The van der Waals surface area contributed by atoms with Gasteiger partial charge in [0.15, 0.2) is 0 Å². The van der Waals surface area contributed by atoms with Crippen molar-refractivity contribution in [1.29, 1.82) is 0 Å². The zero-order valence-electron chi connectivity index (χ0n) is 11.3. The first kappa shape index (κ1) is 14.5. The highest BCUT2D eigenvalue weighted by atomic mass is 16.5. The molecule has 0 fully saturated rings. The number of anilines is 1. The van der Waals surface area contributed by atoms with Crippen molar-refractivity contribution in [3.05, 3.63) is 29.8 Å². The van der Waals surface area contributed by atoms with Crippen molar-refractivity contribution in [3.63, 3.8) is 0 Å². The lowest BCUT2D eigenvalue weighted by atomic mass is 9.90. The molecule has 0 spiro atoms. The normalized spacial score (nSPS) is 11.1. The molecule has 4 heteroatoms. The SMILES string of the molecule is COC(=O)c1cccc(NCCC(C)(C)CN)c1. The quantitative estimate of drug-likeness (QED) is 0.760. The van der Waals surface area contributed by atoms with Gasteiger partial charge in [0.1, 0.15) is 0 Å². The summed E-state index contributed by atoms with van der Waals surface area (Å²) in [6.07, 6.45) is 0.978. The molecule has 0 unspecified atom stereocenters. The number of methoxy groups -OCH3 is 1. The van der Waals surface area contributed by atoms with E-state index in [9.17, 15) is 4.79 Å². The predicted octanol–water partition coefficient (Wildman–Crippen LogP) is 2.26. The third kappa shape index (κ3) is 4.37. The highest BCUT2D eigenvalue weighted by molar-refractivity contribution is 5.90. The maximum absolute atomic E-state index is 11.4. The zero-order chi connectivity index (χ0) is 13.6. The first-order valence-corrected chi connectivity index (χ1v) is 6.11. The second-order valence-corrected chi connectivity index (χ2v) is 5.12. The van der Waals surface area contributed by atoms with E-state index in [4.69, 9.17) is 5.73 Å². The van der Waals surface area contributed by atoms with E-state index >= 15 is 0 Å². The molecule has 0 aliphatic carbocycles. The van der Waals surface area contributed by atoms with Crippen LogP contribution in [0.3, 0.4) is 0 Å². The van der Waals surface area contributed by atoms with Crippen LogP contribution in [0.25, 0.3) is 0 Å². The van der Waals surface area contributed by atoms with Gasteiger partial charge in [-0.3, -0.25) is 0 Å². The van der Waals surface area contributed by atoms with Gasteiger partial charge in [0, 0.05) is 12.2 Å². The van der Waals surface area contributed by atoms with E-state index in [1.807, 2.05) is 12.1 Å². The molecule has 1 aromatic rings. The van der Waals surface area contributed by atoms with Crippen molar-refractivity contribution in [2.45, 2.75) is 20.3 Å².